The van der Waals surface area contributed by atoms with Gasteiger partial charge < -0.3 is 15.0 Å². The molecule has 0 bridgehead atoms. The van der Waals surface area contributed by atoms with Crippen molar-refractivity contribution < 1.29 is 22.7 Å². The van der Waals surface area contributed by atoms with Crippen LogP contribution in [0.5, 0.6) is 5.88 Å². The van der Waals surface area contributed by atoms with Gasteiger partial charge in [-0.15, -0.1) is 0 Å². The van der Waals surface area contributed by atoms with Crippen LogP contribution in [0.2, 0.25) is 0 Å². The third kappa shape index (κ3) is 3.99. The number of ether oxygens (including phenoxy) is 1. The molecule has 2 rings (SSSR count). The molecular formula is C13H16F3N3O2. The minimum absolute atomic E-state index is 0.0801. The molecule has 0 radical (unpaired) electrons. The van der Waals surface area contributed by atoms with Crippen LogP contribution in [0.15, 0.2) is 18.2 Å². The molecule has 8 heteroatoms. The van der Waals surface area contributed by atoms with Crippen LogP contribution in [0.4, 0.5) is 18.0 Å². The molecule has 0 saturated carbocycles. The number of hydrogen-bond donors (Lipinski definition) is 1. The molecule has 5 nitrogen and oxygen atoms in total. The Morgan fingerprint density at radius 1 is 1.48 bits per heavy atom. The summed E-state index contributed by atoms with van der Waals surface area (Å²) >= 11 is 0. The molecular weight excluding hydrogens is 287 g/mol. The number of rotatable bonds is 4. The summed E-state index contributed by atoms with van der Waals surface area (Å²) in [6.45, 7) is 3.22. The highest BCUT2D eigenvalue weighted by Gasteiger charge is 2.35. The first-order valence-corrected chi connectivity index (χ1v) is 6.64. The van der Waals surface area contributed by atoms with Gasteiger partial charge in [0.25, 0.3) is 0 Å². The van der Waals surface area contributed by atoms with E-state index in [1.807, 2.05) is 6.92 Å². The summed E-state index contributed by atoms with van der Waals surface area (Å²) in [4.78, 5) is 16.5. The standard InChI is InChI=1S/C13H16F3N3O2/c1-2-6-17-12(20)19-7-9(8-19)21-11-5-3-4-10(18-11)13(14,15)16/h3-5,9H,2,6-8H2,1H3,(H,17,20). The minimum atomic E-state index is -4.49. The van der Waals surface area contributed by atoms with E-state index in [0.717, 1.165) is 12.5 Å². The lowest BCUT2D eigenvalue weighted by Gasteiger charge is -2.38. The van der Waals surface area contributed by atoms with Crippen LogP contribution in [-0.2, 0) is 6.18 Å². The van der Waals surface area contributed by atoms with Crippen molar-refractivity contribution in [3.05, 3.63) is 23.9 Å². The zero-order valence-corrected chi connectivity index (χ0v) is 11.5. The van der Waals surface area contributed by atoms with Gasteiger partial charge in [0.15, 0.2) is 0 Å². The summed E-state index contributed by atoms with van der Waals surface area (Å²) in [5, 5.41) is 2.71. The molecule has 0 unspecified atom stereocenters. The molecule has 0 atom stereocenters. The van der Waals surface area contributed by atoms with Crippen molar-refractivity contribution >= 4 is 6.03 Å². The van der Waals surface area contributed by atoms with Gasteiger partial charge in [-0.1, -0.05) is 13.0 Å². The van der Waals surface area contributed by atoms with Crippen molar-refractivity contribution in [2.75, 3.05) is 19.6 Å². The average Bonchev–Trinajstić information content (AvgIpc) is 2.39. The van der Waals surface area contributed by atoms with E-state index >= 15 is 0 Å². The van der Waals surface area contributed by atoms with Crippen molar-refractivity contribution in [3.8, 4) is 5.88 Å². The molecule has 1 aromatic rings. The highest BCUT2D eigenvalue weighted by Crippen LogP contribution is 2.29. The van der Waals surface area contributed by atoms with E-state index in [9.17, 15) is 18.0 Å². The van der Waals surface area contributed by atoms with E-state index in [-0.39, 0.29) is 18.0 Å². The van der Waals surface area contributed by atoms with Gasteiger partial charge in [0.1, 0.15) is 11.8 Å². The Balaban J connectivity index is 1.84. The van der Waals surface area contributed by atoms with Crippen LogP contribution in [0.1, 0.15) is 19.0 Å². The molecule has 1 fully saturated rings. The third-order valence-electron chi connectivity index (χ3n) is 2.96. The number of carbonyl (C=O) groups excluding carboxylic acids is 1. The maximum absolute atomic E-state index is 12.5. The molecule has 1 aromatic heterocycles. The lowest BCUT2D eigenvalue weighted by atomic mass is 10.2. The number of aromatic nitrogens is 1. The van der Waals surface area contributed by atoms with Crippen molar-refractivity contribution in [2.45, 2.75) is 25.6 Å². The molecule has 0 spiro atoms. The number of nitrogens with zero attached hydrogens (tertiary/aromatic N) is 2. The Morgan fingerprint density at radius 3 is 2.81 bits per heavy atom. The second-order valence-electron chi connectivity index (χ2n) is 4.74. The molecule has 1 aliphatic heterocycles. The fourth-order valence-electron chi connectivity index (χ4n) is 1.83. The van der Waals surface area contributed by atoms with Gasteiger partial charge in [0.05, 0.1) is 13.1 Å². The Labute approximate surface area is 120 Å². The zero-order valence-electron chi connectivity index (χ0n) is 11.5. The van der Waals surface area contributed by atoms with Gasteiger partial charge in [-0.2, -0.15) is 13.2 Å². The molecule has 0 aliphatic carbocycles. The molecule has 116 valence electrons. The van der Waals surface area contributed by atoms with Gasteiger partial charge in [0.2, 0.25) is 5.88 Å². The van der Waals surface area contributed by atoms with Crippen molar-refractivity contribution in [2.24, 2.45) is 0 Å². The van der Waals surface area contributed by atoms with Crippen LogP contribution in [0.25, 0.3) is 0 Å². The molecule has 1 saturated heterocycles. The first-order chi connectivity index (χ1) is 9.90. The summed E-state index contributed by atoms with van der Waals surface area (Å²) in [5.41, 5.74) is -0.989. The second kappa shape index (κ2) is 6.19. The number of likely N-dealkylation sites (tertiary alicyclic amines) is 1. The molecule has 1 N–H and O–H groups in total. The fourth-order valence-corrected chi connectivity index (χ4v) is 1.83. The summed E-state index contributed by atoms with van der Waals surface area (Å²) in [5.74, 6) is -0.0801. The molecule has 2 amide bonds. The molecule has 0 aromatic carbocycles. The number of amides is 2. The number of carbonyl (C=O) groups is 1. The first kappa shape index (κ1) is 15.4. The molecule has 21 heavy (non-hydrogen) atoms. The Kier molecular flexibility index (Phi) is 4.54. The average molecular weight is 303 g/mol. The fraction of sp³-hybridized carbons (Fsp3) is 0.538. The topological polar surface area (TPSA) is 54.5 Å². The summed E-state index contributed by atoms with van der Waals surface area (Å²) in [7, 11) is 0. The normalized spacial score (nSPS) is 15.5. The SMILES string of the molecule is CCCNC(=O)N1CC(Oc2cccc(C(F)(F)F)n2)C1. The van der Waals surface area contributed by atoms with Gasteiger partial charge in [-0.3, -0.25) is 0 Å². The molecule has 1 aliphatic rings. The highest BCUT2D eigenvalue weighted by atomic mass is 19.4. The quantitative estimate of drug-likeness (QED) is 0.928. The molecule has 2 heterocycles. The van der Waals surface area contributed by atoms with Crippen LogP contribution < -0.4 is 10.1 Å². The van der Waals surface area contributed by atoms with E-state index in [0.29, 0.717) is 19.6 Å². The van der Waals surface area contributed by atoms with E-state index < -0.39 is 11.9 Å². The van der Waals surface area contributed by atoms with Gasteiger partial charge in [0, 0.05) is 12.6 Å². The number of halogens is 3. The number of pyridine rings is 1. The van der Waals surface area contributed by atoms with Crippen LogP contribution in [-0.4, -0.2) is 41.7 Å². The Bertz CT molecular complexity index is 502. The minimum Gasteiger partial charge on any atom is -0.471 e. The van der Waals surface area contributed by atoms with E-state index in [4.69, 9.17) is 4.74 Å². The summed E-state index contributed by atoms with van der Waals surface area (Å²) in [6.07, 6.45) is -3.98. The van der Waals surface area contributed by atoms with E-state index in [1.54, 1.807) is 0 Å². The lowest BCUT2D eigenvalue weighted by molar-refractivity contribution is -0.141. The lowest BCUT2D eigenvalue weighted by Crippen LogP contribution is -2.59. The third-order valence-corrected chi connectivity index (χ3v) is 2.96. The number of nitrogens with one attached hydrogen (secondary N) is 1. The Morgan fingerprint density at radius 2 is 2.19 bits per heavy atom. The first-order valence-electron chi connectivity index (χ1n) is 6.64. The predicted octanol–water partition coefficient (Wildman–Crippen LogP) is 2.28. The number of alkyl halides is 3. The van der Waals surface area contributed by atoms with Crippen LogP contribution >= 0.6 is 0 Å². The largest absolute Gasteiger partial charge is 0.471 e. The highest BCUT2D eigenvalue weighted by molar-refractivity contribution is 5.75. The van der Waals surface area contributed by atoms with E-state index in [1.165, 1.54) is 17.0 Å². The van der Waals surface area contributed by atoms with Gasteiger partial charge >= 0.3 is 12.2 Å². The van der Waals surface area contributed by atoms with Crippen molar-refractivity contribution in [1.82, 2.24) is 15.2 Å². The Hall–Kier alpha value is -1.99. The zero-order chi connectivity index (χ0) is 15.5. The van der Waals surface area contributed by atoms with Gasteiger partial charge in [-0.05, 0) is 12.5 Å². The van der Waals surface area contributed by atoms with Crippen molar-refractivity contribution in [1.29, 1.82) is 0 Å². The van der Waals surface area contributed by atoms with Gasteiger partial charge in [-0.25, -0.2) is 9.78 Å². The maximum Gasteiger partial charge on any atom is 0.433 e. The predicted molar refractivity (Wildman–Crippen MR) is 68.9 cm³/mol. The monoisotopic (exact) mass is 303 g/mol. The van der Waals surface area contributed by atoms with E-state index in [2.05, 4.69) is 10.3 Å². The van der Waals surface area contributed by atoms with Crippen molar-refractivity contribution in [3.63, 3.8) is 0 Å². The second-order valence-corrected chi connectivity index (χ2v) is 4.74. The maximum atomic E-state index is 12.5. The summed E-state index contributed by atoms with van der Waals surface area (Å²) < 4.78 is 42.9. The summed E-state index contributed by atoms with van der Waals surface area (Å²) in [6, 6.07) is 3.32. The number of hydrogen-bond acceptors (Lipinski definition) is 3. The van der Waals surface area contributed by atoms with Crippen LogP contribution in [0, 0.1) is 0 Å². The smallest absolute Gasteiger partial charge is 0.433 e. The van der Waals surface area contributed by atoms with Crippen LogP contribution in [0.3, 0.4) is 0 Å². The number of urea groups is 1.